The maximum absolute atomic E-state index is 14.6. The van der Waals surface area contributed by atoms with E-state index in [1.807, 2.05) is 0 Å². The number of guanidine groups is 1. The number of aliphatic imine (C=N–C) groups is 1. The average molecular weight is 418 g/mol. The first-order valence-electron chi connectivity index (χ1n) is 8.86. The van der Waals surface area contributed by atoms with E-state index in [2.05, 4.69) is 15.3 Å². The van der Waals surface area contributed by atoms with Gasteiger partial charge in [-0.1, -0.05) is 11.6 Å². The lowest BCUT2D eigenvalue weighted by atomic mass is 9.78. The molecule has 0 saturated carbocycles. The number of carbonyl (C=O) groups excluding carboxylic acids is 2. The van der Waals surface area contributed by atoms with Gasteiger partial charge in [0.2, 0.25) is 5.91 Å². The van der Waals surface area contributed by atoms with E-state index in [-0.39, 0.29) is 23.1 Å². The first kappa shape index (κ1) is 20.7. The topological polar surface area (TPSA) is 101 Å². The van der Waals surface area contributed by atoms with Crippen LogP contribution in [0.1, 0.15) is 41.5 Å². The van der Waals surface area contributed by atoms with Gasteiger partial charge in [-0.3, -0.25) is 14.5 Å². The average Bonchev–Trinajstić information content (AvgIpc) is 2.65. The number of rotatable bonds is 3. The number of aromatic nitrogens is 1. The summed E-state index contributed by atoms with van der Waals surface area (Å²) < 4.78 is 14.6. The molecule has 1 aliphatic heterocycles. The van der Waals surface area contributed by atoms with Crippen molar-refractivity contribution in [3.05, 3.63) is 58.1 Å². The highest BCUT2D eigenvalue weighted by Gasteiger charge is 2.45. The number of pyridine rings is 1. The van der Waals surface area contributed by atoms with Gasteiger partial charge in [-0.05, 0) is 50.6 Å². The summed E-state index contributed by atoms with van der Waals surface area (Å²) in [5.74, 6) is -1.27. The highest BCUT2D eigenvalue weighted by Crippen LogP contribution is 2.42. The lowest BCUT2D eigenvalue weighted by Gasteiger charge is -2.38. The predicted octanol–water partition coefficient (Wildman–Crippen LogP) is 3.29. The highest BCUT2D eigenvalue weighted by atomic mass is 35.5. The van der Waals surface area contributed by atoms with E-state index >= 15 is 0 Å². The molecule has 7 nitrogen and oxygen atoms in total. The summed E-state index contributed by atoms with van der Waals surface area (Å²) in [6.45, 7) is 5.07. The molecule has 0 radical (unpaired) electrons. The van der Waals surface area contributed by atoms with Crippen LogP contribution in [0, 0.1) is 18.2 Å². The van der Waals surface area contributed by atoms with E-state index < -0.39 is 23.2 Å². The Hall–Kier alpha value is -3.00. The molecule has 0 bridgehead atoms. The van der Waals surface area contributed by atoms with Crippen LogP contribution < -0.4 is 11.1 Å². The summed E-state index contributed by atoms with van der Waals surface area (Å²) in [4.78, 5) is 34.8. The number of carbonyl (C=O) groups is 2. The quantitative estimate of drug-likeness (QED) is 0.800. The van der Waals surface area contributed by atoms with Gasteiger partial charge in [-0.25, -0.2) is 14.4 Å². The maximum atomic E-state index is 14.6. The van der Waals surface area contributed by atoms with Crippen molar-refractivity contribution in [1.82, 2.24) is 9.88 Å². The zero-order chi connectivity index (χ0) is 21.5. The van der Waals surface area contributed by atoms with Gasteiger partial charge in [0.15, 0.2) is 5.96 Å². The van der Waals surface area contributed by atoms with Crippen molar-refractivity contribution in [2.24, 2.45) is 16.1 Å². The number of halogens is 2. The Morgan fingerprint density at radius 2 is 2.03 bits per heavy atom. The number of anilines is 1. The first-order chi connectivity index (χ1) is 13.5. The molecule has 152 valence electrons. The minimum atomic E-state index is -1.02. The number of nitrogens with two attached hydrogens (primary N) is 1. The van der Waals surface area contributed by atoms with Gasteiger partial charge in [0.1, 0.15) is 11.5 Å². The number of benzene rings is 1. The number of hydrogen-bond donors (Lipinski definition) is 2. The standard InChI is InChI=1S/C20H21ClFN5O2/c1-10-7-11(21)9-24-15(10)17(28)25-12-5-6-14(22)13(8-12)16-20(2,3)18(29)27(4)19(23)26-16/h5-9,16H,1-4H3,(H2,23,26)(H,25,28). The summed E-state index contributed by atoms with van der Waals surface area (Å²) in [6.07, 6.45) is 1.38. The molecule has 3 rings (SSSR count). The van der Waals surface area contributed by atoms with Crippen LogP contribution in [0.2, 0.25) is 5.02 Å². The Morgan fingerprint density at radius 3 is 2.69 bits per heavy atom. The van der Waals surface area contributed by atoms with Crippen LogP contribution >= 0.6 is 11.6 Å². The lowest BCUT2D eigenvalue weighted by molar-refractivity contribution is -0.137. The minimum absolute atomic E-state index is 0.00847. The largest absolute Gasteiger partial charge is 0.369 e. The van der Waals surface area contributed by atoms with E-state index in [0.29, 0.717) is 16.3 Å². The van der Waals surface area contributed by atoms with Crippen LogP contribution in [0.3, 0.4) is 0 Å². The van der Waals surface area contributed by atoms with E-state index in [0.717, 1.165) is 0 Å². The second-order valence-electron chi connectivity index (χ2n) is 7.49. The fourth-order valence-electron chi connectivity index (χ4n) is 3.29. The minimum Gasteiger partial charge on any atom is -0.369 e. The van der Waals surface area contributed by atoms with Crippen molar-refractivity contribution < 1.29 is 14.0 Å². The SMILES string of the molecule is Cc1cc(Cl)cnc1C(=O)Nc1ccc(F)c(C2N=C(N)N(C)C(=O)C2(C)C)c1. The van der Waals surface area contributed by atoms with Crippen LogP contribution in [0.5, 0.6) is 0 Å². The third-order valence-electron chi connectivity index (χ3n) is 4.95. The van der Waals surface area contributed by atoms with E-state index in [9.17, 15) is 14.0 Å². The third-order valence-corrected chi connectivity index (χ3v) is 5.16. The number of hydrogen-bond acceptors (Lipinski definition) is 5. The molecular weight excluding hydrogens is 397 g/mol. The van der Waals surface area contributed by atoms with Crippen LogP contribution in [-0.4, -0.2) is 34.7 Å². The van der Waals surface area contributed by atoms with Crippen molar-refractivity contribution in [2.45, 2.75) is 26.8 Å². The fourth-order valence-corrected chi connectivity index (χ4v) is 3.50. The Morgan fingerprint density at radius 1 is 1.34 bits per heavy atom. The molecule has 29 heavy (non-hydrogen) atoms. The molecule has 1 aromatic carbocycles. The second kappa shape index (κ2) is 7.44. The first-order valence-corrected chi connectivity index (χ1v) is 9.24. The van der Waals surface area contributed by atoms with Crippen LogP contribution in [0.15, 0.2) is 35.5 Å². The molecule has 9 heteroatoms. The zero-order valence-corrected chi connectivity index (χ0v) is 17.2. The molecule has 0 aliphatic carbocycles. The smallest absolute Gasteiger partial charge is 0.274 e. The molecule has 1 aromatic heterocycles. The summed E-state index contributed by atoms with van der Waals surface area (Å²) in [7, 11) is 1.52. The van der Waals surface area contributed by atoms with E-state index in [1.165, 1.54) is 36.3 Å². The number of nitrogens with one attached hydrogen (secondary N) is 1. The normalized spacial score (nSPS) is 18.4. The van der Waals surface area contributed by atoms with E-state index in [1.54, 1.807) is 26.8 Å². The van der Waals surface area contributed by atoms with Crippen molar-refractivity contribution in [2.75, 3.05) is 12.4 Å². The predicted molar refractivity (Wildman–Crippen MR) is 109 cm³/mol. The third kappa shape index (κ3) is 3.80. The molecule has 2 aromatic rings. The second-order valence-corrected chi connectivity index (χ2v) is 7.92. The van der Waals surface area contributed by atoms with Crippen molar-refractivity contribution >= 4 is 35.1 Å². The van der Waals surface area contributed by atoms with Gasteiger partial charge < -0.3 is 11.1 Å². The summed E-state index contributed by atoms with van der Waals surface area (Å²) in [5, 5.41) is 3.12. The molecule has 0 spiro atoms. The van der Waals surface area contributed by atoms with Crippen molar-refractivity contribution in [3.8, 4) is 0 Å². The Kier molecular flexibility index (Phi) is 5.32. The molecule has 1 aliphatic rings. The highest BCUT2D eigenvalue weighted by molar-refractivity contribution is 6.30. The molecule has 2 heterocycles. The van der Waals surface area contributed by atoms with Gasteiger partial charge in [-0.15, -0.1) is 0 Å². The van der Waals surface area contributed by atoms with Crippen LogP contribution in [0.25, 0.3) is 0 Å². The van der Waals surface area contributed by atoms with Crippen molar-refractivity contribution in [3.63, 3.8) is 0 Å². The van der Waals surface area contributed by atoms with Gasteiger partial charge in [-0.2, -0.15) is 0 Å². The van der Waals surface area contributed by atoms with Gasteiger partial charge in [0, 0.05) is 24.5 Å². The zero-order valence-electron chi connectivity index (χ0n) is 16.5. The number of aryl methyl sites for hydroxylation is 1. The summed E-state index contributed by atoms with van der Waals surface area (Å²) in [5.41, 5.74) is 6.14. The Balaban J connectivity index is 1.96. The summed E-state index contributed by atoms with van der Waals surface area (Å²) >= 11 is 5.88. The molecule has 1 unspecified atom stereocenters. The molecule has 3 N–H and O–H groups in total. The van der Waals surface area contributed by atoms with Gasteiger partial charge in [0.25, 0.3) is 5.91 Å². The maximum Gasteiger partial charge on any atom is 0.274 e. The molecular formula is C20H21ClFN5O2. The van der Waals surface area contributed by atoms with Crippen LogP contribution in [0.4, 0.5) is 10.1 Å². The van der Waals surface area contributed by atoms with Gasteiger partial charge >= 0.3 is 0 Å². The number of amides is 2. The van der Waals surface area contributed by atoms with Crippen molar-refractivity contribution in [1.29, 1.82) is 0 Å². The molecule has 0 saturated heterocycles. The van der Waals surface area contributed by atoms with Gasteiger partial charge in [0.05, 0.1) is 16.5 Å². The number of nitrogens with zero attached hydrogens (tertiary/aromatic N) is 3. The van der Waals surface area contributed by atoms with E-state index in [4.69, 9.17) is 17.3 Å². The lowest BCUT2D eigenvalue weighted by Crippen LogP contribution is -2.51. The molecule has 2 amide bonds. The summed E-state index contributed by atoms with van der Waals surface area (Å²) in [6, 6.07) is 4.90. The van der Waals surface area contributed by atoms with Crippen LogP contribution in [-0.2, 0) is 4.79 Å². The Labute approximate surface area is 172 Å². The molecule has 1 atom stereocenters. The fraction of sp³-hybridized carbons (Fsp3) is 0.300. The molecule has 0 fully saturated rings. The Bertz CT molecular complexity index is 1040. The monoisotopic (exact) mass is 417 g/mol.